The topological polar surface area (TPSA) is 80.4 Å². The summed E-state index contributed by atoms with van der Waals surface area (Å²) in [5, 5.41) is 8.91. The fourth-order valence-corrected chi connectivity index (χ4v) is 1.90. The molecule has 0 fully saturated rings. The highest BCUT2D eigenvalue weighted by atomic mass is 16.4. The number of carboxylic acids is 1. The van der Waals surface area contributed by atoms with Gasteiger partial charge in [0.15, 0.2) is 5.78 Å². The Hall–Kier alpha value is -1.16. The molecule has 0 aliphatic carbocycles. The minimum Gasteiger partial charge on any atom is -0.481 e. The van der Waals surface area contributed by atoms with E-state index in [-0.39, 0.29) is 6.04 Å². The van der Waals surface area contributed by atoms with Crippen LogP contribution in [0.4, 0.5) is 0 Å². The fourth-order valence-electron chi connectivity index (χ4n) is 1.90. The largest absolute Gasteiger partial charge is 0.481 e. The third-order valence-electron chi connectivity index (χ3n) is 3.09. The molecule has 2 atom stereocenters. The highest BCUT2D eigenvalue weighted by Crippen LogP contribution is 2.14. The Morgan fingerprint density at radius 2 is 1.78 bits per heavy atom. The SMILES string of the molecule is C=CC(=O)C(CCCCC(N)CCCC)C(=O)O. The number of carbonyl (C=O) groups is 2. The first-order chi connectivity index (χ1) is 8.52. The monoisotopic (exact) mass is 255 g/mol. The summed E-state index contributed by atoms with van der Waals surface area (Å²) >= 11 is 0. The molecule has 18 heavy (non-hydrogen) atoms. The summed E-state index contributed by atoms with van der Waals surface area (Å²) in [5.41, 5.74) is 5.92. The molecule has 0 aromatic rings. The second-order valence-electron chi connectivity index (χ2n) is 4.68. The normalized spacial score (nSPS) is 13.9. The number of nitrogens with two attached hydrogens (primary N) is 1. The predicted molar refractivity (Wildman–Crippen MR) is 72.3 cm³/mol. The van der Waals surface area contributed by atoms with E-state index >= 15 is 0 Å². The predicted octanol–water partition coefficient (Wildman–Crippen LogP) is 2.52. The van der Waals surface area contributed by atoms with Crippen molar-refractivity contribution in [1.29, 1.82) is 0 Å². The van der Waals surface area contributed by atoms with E-state index in [4.69, 9.17) is 10.8 Å². The maximum atomic E-state index is 11.3. The van der Waals surface area contributed by atoms with E-state index in [1.165, 1.54) is 0 Å². The molecule has 0 aliphatic heterocycles. The van der Waals surface area contributed by atoms with Crippen molar-refractivity contribution in [2.45, 2.75) is 57.9 Å². The summed E-state index contributed by atoms with van der Waals surface area (Å²) in [7, 11) is 0. The minimum atomic E-state index is -1.06. The average molecular weight is 255 g/mol. The van der Waals surface area contributed by atoms with Gasteiger partial charge in [-0.25, -0.2) is 0 Å². The number of unbranched alkanes of at least 4 members (excludes halogenated alkanes) is 2. The van der Waals surface area contributed by atoms with Gasteiger partial charge < -0.3 is 10.8 Å². The van der Waals surface area contributed by atoms with Crippen LogP contribution in [0.3, 0.4) is 0 Å². The van der Waals surface area contributed by atoms with Crippen LogP contribution < -0.4 is 5.73 Å². The number of carboxylic acid groups (broad SMARTS) is 1. The Bertz CT molecular complexity index is 276. The van der Waals surface area contributed by atoms with Gasteiger partial charge in [0.25, 0.3) is 0 Å². The maximum Gasteiger partial charge on any atom is 0.314 e. The van der Waals surface area contributed by atoms with Crippen molar-refractivity contribution in [3.05, 3.63) is 12.7 Å². The van der Waals surface area contributed by atoms with Gasteiger partial charge in [-0.1, -0.05) is 39.2 Å². The molecule has 2 unspecified atom stereocenters. The lowest BCUT2D eigenvalue weighted by Crippen LogP contribution is -2.23. The smallest absolute Gasteiger partial charge is 0.314 e. The van der Waals surface area contributed by atoms with Crippen LogP contribution in [0.2, 0.25) is 0 Å². The molecule has 0 rings (SSSR count). The molecule has 0 saturated carbocycles. The van der Waals surface area contributed by atoms with Gasteiger partial charge in [0.1, 0.15) is 5.92 Å². The molecular formula is C14H25NO3. The van der Waals surface area contributed by atoms with Crippen molar-refractivity contribution in [2.75, 3.05) is 0 Å². The Morgan fingerprint density at radius 1 is 1.22 bits per heavy atom. The molecule has 0 aromatic carbocycles. The van der Waals surface area contributed by atoms with Gasteiger partial charge in [-0.05, 0) is 25.3 Å². The van der Waals surface area contributed by atoms with Gasteiger partial charge in [-0.2, -0.15) is 0 Å². The molecule has 104 valence electrons. The number of hydrogen-bond acceptors (Lipinski definition) is 3. The molecule has 0 bridgehead atoms. The first-order valence-corrected chi connectivity index (χ1v) is 6.67. The molecule has 0 saturated heterocycles. The van der Waals surface area contributed by atoms with E-state index in [9.17, 15) is 9.59 Å². The molecule has 3 N–H and O–H groups in total. The van der Waals surface area contributed by atoms with Gasteiger partial charge >= 0.3 is 5.97 Å². The highest BCUT2D eigenvalue weighted by molar-refractivity contribution is 6.03. The van der Waals surface area contributed by atoms with Crippen molar-refractivity contribution in [2.24, 2.45) is 11.7 Å². The van der Waals surface area contributed by atoms with E-state index < -0.39 is 17.7 Å². The van der Waals surface area contributed by atoms with E-state index in [0.29, 0.717) is 6.42 Å². The lowest BCUT2D eigenvalue weighted by atomic mass is 9.95. The average Bonchev–Trinajstić information content (AvgIpc) is 2.34. The lowest BCUT2D eigenvalue weighted by Gasteiger charge is -2.12. The van der Waals surface area contributed by atoms with Crippen LogP contribution in [0, 0.1) is 5.92 Å². The molecule has 4 heteroatoms. The first kappa shape index (κ1) is 16.8. The summed E-state index contributed by atoms with van der Waals surface area (Å²) in [6.07, 6.45) is 7.25. The molecule has 0 radical (unpaired) electrons. The number of ketones is 1. The van der Waals surface area contributed by atoms with Gasteiger partial charge in [-0.3, -0.25) is 9.59 Å². The summed E-state index contributed by atoms with van der Waals surface area (Å²) < 4.78 is 0. The zero-order valence-electron chi connectivity index (χ0n) is 11.2. The zero-order chi connectivity index (χ0) is 14.0. The standard InChI is InChI=1S/C14H25NO3/c1-3-5-8-11(15)9-6-7-10-12(14(17)18)13(16)4-2/h4,11-12H,2-3,5-10,15H2,1H3,(H,17,18). The molecule has 0 heterocycles. The van der Waals surface area contributed by atoms with Crippen LogP contribution in [0.25, 0.3) is 0 Å². The Balaban J connectivity index is 3.83. The summed E-state index contributed by atoms with van der Waals surface area (Å²) in [6.45, 7) is 5.45. The number of aliphatic carboxylic acids is 1. The van der Waals surface area contributed by atoms with Crippen LogP contribution in [0.5, 0.6) is 0 Å². The van der Waals surface area contributed by atoms with Gasteiger partial charge in [0, 0.05) is 6.04 Å². The van der Waals surface area contributed by atoms with E-state index in [0.717, 1.165) is 44.6 Å². The van der Waals surface area contributed by atoms with E-state index in [2.05, 4.69) is 13.5 Å². The van der Waals surface area contributed by atoms with Crippen molar-refractivity contribution in [3.63, 3.8) is 0 Å². The second kappa shape index (κ2) is 9.83. The summed E-state index contributed by atoms with van der Waals surface area (Å²) in [5.74, 6) is -2.40. The van der Waals surface area contributed by atoms with Crippen LogP contribution >= 0.6 is 0 Å². The molecular weight excluding hydrogens is 230 g/mol. The van der Waals surface area contributed by atoms with Crippen LogP contribution in [-0.2, 0) is 9.59 Å². The second-order valence-corrected chi connectivity index (χ2v) is 4.68. The maximum absolute atomic E-state index is 11.3. The van der Waals surface area contributed by atoms with Crippen LogP contribution in [0.1, 0.15) is 51.9 Å². The molecule has 0 aromatic heterocycles. The first-order valence-electron chi connectivity index (χ1n) is 6.67. The third-order valence-corrected chi connectivity index (χ3v) is 3.09. The van der Waals surface area contributed by atoms with Crippen molar-refractivity contribution < 1.29 is 14.7 Å². The minimum absolute atomic E-state index is 0.198. The Kier molecular flexibility index (Phi) is 9.19. The third kappa shape index (κ3) is 7.22. The number of allylic oxidation sites excluding steroid dienone is 1. The van der Waals surface area contributed by atoms with E-state index in [1.54, 1.807) is 0 Å². The van der Waals surface area contributed by atoms with Crippen LogP contribution in [0.15, 0.2) is 12.7 Å². The number of rotatable bonds is 11. The number of hydrogen-bond donors (Lipinski definition) is 2. The summed E-state index contributed by atoms with van der Waals surface area (Å²) in [6, 6.07) is 0.198. The molecule has 0 spiro atoms. The van der Waals surface area contributed by atoms with Crippen LogP contribution in [-0.4, -0.2) is 22.9 Å². The molecule has 0 amide bonds. The van der Waals surface area contributed by atoms with Crippen molar-refractivity contribution in [3.8, 4) is 0 Å². The molecule has 0 aliphatic rings. The number of carbonyl (C=O) groups excluding carboxylic acids is 1. The Morgan fingerprint density at radius 3 is 2.28 bits per heavy atom. The van der Waals surface area contributed by atoms with Crippen molar-refractivity contribution >= 4 is 11.8 Å². The Labute approximate surface area is 109 Å². The van der Waals surface area contributed by atoms with Gasteiger partial charge in [-0.15, -0.1) is 0 Å². The quantitative estimate of drug-likeness (QED) is 0.338. The zero-order valence-corrected chi connectivity index (χ0v) is 11.2. The summed E-state index contributed by atoms with van der Waals surface area (Å²) in [4.78, 5) is 22.2. The lowest BCUT2D eigenvalue weighted by molar-refractivity contribution is -0.145. The fraction of sp³-hybridized carbons (Fsp3) is 0.714. The van der Waals surface area contributed by atoms with Gasteiger partial charge in [0.2, 0.25) is 0 Å². The van der Waals surface area contributed by atoms with Crippen molar-refractivity contribution in [1.82, 2.24) is 0 Å². The molecule has 4 nitrogen and oxygen atoms in total. The van der Waals surface area contributed by atoms with Gasteiger partial charge in [0.05, 0.1) is 0 Å². The highest BCUT2D eigenvalue weighted by Gasteiger charge is 2.22. The van der Waals surface area contributed by atoms with E-state index in [1.807, 2.05) is 0 Å².